The minimum Gasteiger partial charge on any atom is -0.324 e. The van der Waals surface area contributed by atoms with Crippen LogP contribution in [0.5, 0.6) is 0 Å². The van der Waals surface area contributed by atoms with E-state index < -0.39 is 0 Å². The Morgan fingerprint density at radius 2 is 1.75 bits per heavy atom. The Morgan fingerprint density at radius 1 is 1.17 bits per heavy atom. The van der Waals surface area contributed by atoms with Crippen molar-refractivity contribution in [3.8, 4) is 0 Å². The van der Waals surface area contributed by atoms with Crippen LogP contribution in [-0.4, -0.2) is 5.91 Å². The van der Waals surface area contributed by atoms with Crippen molar-refractivity contribution in [2.75, 3.05) is 5.43 Å². The Labute approximate surface area is 69.7 Å². The zero-order chi connectivity index (χ0) is 8.97. The first kappa shape index (κ1) is 8.51. The summed E-state index contributed by atoms with van der Waals surface area (Å²) in [4.78, 5) is 10.9. The molecule has 12 heavy (non-hydrogen) atoms. The summed E-state index contributed by atoms with van der Waals surface area (Å²) in [5, 5.41) is 0. The van der Waals surface area contributed by atoms with Crippen LogP contribution in [0, 0.1) is 0 Å². The molecule has 0 bridgehead atoms. The van der Waals surface area contributed by atoms with E-state index in [4.69, 9.17) is 11.7 Å². The maximum absolute atomic E-state index is 10.9. The monoisotopic (exact) mass is 166 g/mol. The Kier molecular flexibility index (Phi) is 2.62. The summed E-state index contributed by atoms with van der Waals surface area (Å²) in [5.41, 5.74) is 5.71. The van der Waals surface area contributed by atoms with Crippen LogP contribution in [0.2, 0.25) is 0 Å². The van der Waals surface area contributed by atoms with Gasteiger partial charge in [0.2, 0.25) is 0 Å². The van der Waals surface area contributed by atoms with E-state index in [1.165, 1.54) is 0 Å². The Balaban J connectivity index is 2.84. The Hall–Kier alpha value is -1.59. The molecule has 5 nitrogen and oxygen atoms in total. The average Bonchev–Trinajstić information content (AvgIpc) is 2.17. The second-order valence-electron chi connectivity index (χ2n) is 2.20. The van der Waals surface area contributed by atoms with Crippen molar-refractivity contribution in [1.29, 1.82) is 0 Å². The van der Waals surface area contributed by atoms with Crippen molar-refractivity contribution in [1.82, 2.24) is 5.43 Å². The lowest BCUT2D eigenvalue weighted by Crippen LogP contribution is -2.29. The predicted molar refractivity (Wildman–Crippen MR) is 45.9 cm³/mol. The van der Waals surface area contributed by atoms with Gasteiger partial charge in [0.25, 0.3) is 5.91 Å². The van der Waals surface area contributed by atoms with E-state index in [2.05, 4.69) is 5.43 Å². The normalized spacial score (nSPS) is 9.17. The van der Waals surface area contributed by atoms with E-state index in [1.807, 2.05) is 5.43 Å². The Bertz CT molecular complexity index is 269. The molecule has 5 heteroatoms. The zero-order valence-electron chi connectivity index (χ0n) is 6.37. The summed E-state index contributed by atoms with van der Waals surface area (Å²) in [5.74, 6) is 9.75. The number of nitrogens with two attached hydrogens (primary N) is 2. The van der Waals surface area contributed by atoms with Crippen LogP contribution in [0.1, 0.15) is 10.4 Å². The van der Waals surface area contributed by atoms with Gasteiger partial charge in [0.15, 0.2) is 0 Å². The molecule has 0 fully saturated rings. The zero-order valence-corrected chi connectivity index (χ0v) is 6.37. The second kappa shape index (κ2) is 3.70. The number of nitrogens with one attached hydrogen (secondary N) is 2. The molecule has 1 amide bonds. The van der Waals surface area contributed by atoms with E-state index in [-0.39, 0.29) is 5.91 Å². The van der Waals surface area contributed by atoms with Gasteiger partial charge in [0, 0.05) is 11.3 Å². The van der Waals surface area contributed by atoms with Gasteiger partial charge in [-0.1, -0.05) is 0 Å². The molecule has 1 aromatic carbocycles. The highest BCUT2D eigenvalue weighted by atomic mass is 16.2. The lowest BCUT2D eigenvalue weighted by molar-refractivity contribution is 0.0953. The molecule has 0 saturated heterocycles. The van der Waals surface area contributed by atoms with Gasteiger partial charge in [-0.25, -0.2) is 5.84 Å². The fraction of sp³-hybridized carbons (Fsp3) is 0. The number of hydrazine groups is 2. The van der Waals surface area contributed by atoms with Crippen LogP contribution in [-0.2, 0) is 0 Å². The molecular weight excluding hydrogens is 156 g/mol. The summed E-state index contributed by atoms with van der Waals surface area (Å²) in [6.07, 6.45) is 0. The number of rotatable bonds is 2. The number of carbonyl (C=O) groups excluding carboxylic acids is 1. The summed E-state index contributed by atoms with van der Waals surface area (Å²) < 4.78 is 0. The van der Waals surface area contributed by atoms with Gasteiger partial charge < -0.3 is 5.43 Å². The molecular formula is C7H10N4O. The van der Waals surface area contributed by atoms with E-state index >= 15 is 0 Å². The number of nitrogen functional groups attached to an aromatic ring is 2. The van der Waals surface area contributed by atoms with Crippen LogP contribution in [0.3, 0.4) is 0 Å². The van der Waals surface area contributed by atoms with Crippen LogP contribution in [0.15, 0.2) is 24.3 Å². The van der Waals surface area contributed by atoms with Crippen molar-refractivity contribution in [3.63, 3.8) is 0 Å². The molecule has 0 aromatic heterocycles. The molecule has 1 rings (SSSR count). The molecule has 0 aliphatic rings. The first-order valence-electron chi connectivity index (χ1n) is 3.35. The van der Waals surface area contributed by atoms with Crippen LogP contribution < -0.4 is 22.5 Å². The first-order chi connectivity index (χ1) is 5.77. The molecule has 0 aliphatic heterocycles. The summed E-state index contributed by atoms with van der Waals surface area (Å²) in [7, 11) is 0. The van der Waals surface area contributed by atoms with Crippen LogP contribution >= 0.6 is 0 Å². The van der Waals surface area contributed by atoms with Crippen molar-refractivity contribution >= 4 is 11.6 Å². The highest BCUT2D eigenvalue weighted by Crippen LogP contribution is 2.07. The largest absolute Gasteiger partial charge is 0.324 e. The van der Waals surface area contributed by atoms with E-state index in [1.54, 1.807) is 24.3 Å². The topological polar surface area (TPSA) is 93.2 Å². The SMILES string of the molecule is NNC(=O)c1ccc(NN)cc1. The third kappa shape index (κ3) is 1.71. The molecule has 0 saturated carbocycles. The highest BCUT2D eigenvalue weighted by Gasteiger charge is 2.00. The molecule has 0 radical (unpaired) electrons. The molecule has 0 heterocycles. The maximum atomic E-state index is 10.9. The minimum atomic E-state index is -0.321. The summed E-state index contributed by atoms with van der Waals surface area (Å²) in [6.45, 7) is 0. The molecule has 64 valence electrons. The van der Waals surface area contributed by atoms with Gasteiger partial charge in [0.1, 0.15) is 0 Å². The fourth-order valence-electron chi connectivity index (χ4n) is 0.801. The Morgan fingerprint density at radius 3 is 2.17 bits per heavy atom. The number of carbonyl (C=O) groups is 1. The van der Waals surface area contributed by atoms with Crippen molar-refractivity contribution in [2.45, 2.75) is 0 Å². The van der Waals surface area contributed by atoms with E-state index in [9.17, 15) is 4.79 Å². The molecule has 0 spiro atoms. The molecule has 0 atom stereocenters. The van der Waals surface area contributed by atoms with Crippen LogP contribution in [0.4, 0.5) is 5.69 Å². The third-order valence-electron chi connectivity index (χ3n) is 1.44. The van der Waals surface area contributed by atoms with Gasteiger partial charge in [0.05, 0.1) is 0 Å². The van der Waals surface area contributed by atoms with Gasteiger partial charge in [-0.3, -0.25) is 16.1 Å². The van der Waals surface area contributed by atoms with Crippen molar-refractivity contribution < 1.29 is 4.79 Å². The molecule has 0 aliphatic carbocycles. The number of hydrogen-bond donors (Lipinski definition) is 4. The molecule has 0 unspecified atom stereocenters. The minimum absolute atomic E-state index is 0.321. The fourth-order valence-corrected chi connectivity index (χ4v) is 0.801. The van der Waals surface area contributed by atoms with Gasteiger partial charge in [-0.05, 0) is 24.3 Å². The van der Waals surface area contributed by atoms with Gasteiger partial charge >= 0.3 is 0 Å². The summed E-state index contributed by atoms with van der Waals surface area (Å²) >= 11 is 0. The standard InChI is InChI=1S/C7H10N4O/c8-10-6-3-1-5(2-4-6)7(12)11-9/h1-4,10H,8-9H2,(H,11,12). The lowest BCUT2D eigenvalue weighted by atomic mass is 10.2. The smallest absolute Gasteiger partial charge is 0.265 e. The molecule has 1 aromatic rings. The number of hydrogen-bond acceptors (Lipinski definition) is 4. The number of anilines is 1. The number of benzene rings is 1. The van der Waals surface area contributed by atoms with Crippen molar-refractivity contribution in [2.24, 2.45) is 11.7 Å². The second-order valence-corrected chi connectivity index (χ2v) is 2.20. The quantitative estimate of drug-likeness (QED) is 0.272. The van der Waals surface area contributed by atoms with Crippen molar-refractivity contribution in [3.05, 3.63) is 29.8 Å². The lowest BCUT2D eigenvalue weighted by Gasteiger charge is -2.01. The predicted octanol–water partition coefficient (Wildman–Crippen LogP) is -0.424. The average molecular weight is 166 g/mol. The van der Waals surface area contributed by atoms with E-state index in [0.29, 0.717) is 5.56 Å². The molecule has 6 N–H and O–H groups in total. The van der Waals surface area contributed by atoms with Gasteiger partial charge in [-0.2, -0.15) is 0 Å². The van der Waals surface area contributed by atoms with E-state index in [0.717, 1.165) is 5.69 Å². The maximum Gasteiger partial charge on any atom is 0.265 e. The number of amides is 1. The highest BCUT2D eigenvalue weighted by molar-refractivity contribution is 5.94. The summed E-state index contributed by atoms with van der Waals surface area (Å²) in [6, 6.07) is 6.62. The van der Waals surface area contributed by atoms with Gasteiger partial charge in [-0.15, -0.1) is 0 Å². The van der Waals surface area contributed by atoms with Crippen LogP contribution in [0.25, 0.3) is 0 Å². The first-order valence-corrected chi connectivity index (χ1v) is 3.35. The third-order valence-corrected chi connectivity index (χ3v) is 1.44.